The standard InChI is InChI=1S/C13H17N5OS/c1-9(2)18-11(5-7-16-18)17-12(19)8-20-13-10(14)4-3-6-15-13/h3-7,9H,8,14H2,1-2H3,(H,17,19). The molecule has 0 radical (unpaired) electrons. The highest BCUT2D eigenvalue weighted by Gasteiger charge is 2.10. The minimum atomic E-state index is -0.109. The fraction of sp³-hybridized carbons (Fsp3) is 0.308. The van der Waals surface area contributed by atoms with Crippen molar-refractivity contribution in [3.8, 4) is 0 Å². The Morgan fingerprint density at radius 3 is 2.95 bits per heavy atom. The molecule has 0 unspecified atom stereocenters. The van der Waals surface area contributed by atoms with Crippen molar-refractivity contribution in [3.05, 3.63) is 30.6 Å². The molecule has 0 spiro atoms. The highest BCUT2D eigenvalue weighted by Crippen LogP contribution is 2.22. The number of amides is 1. The van der Waals surface area contributed by atoms with Gasteiger partial charge in [-0.2, -0.15) is 5.10 Å². The van der Waals surface area contributed by atoms with Crippen LogP contribution in [0.3, 0.4) is 0 Å². The number of anilines is 2. The highest BCUT2D eigenvalue weighted by atomic mass is 32.2. The monoisotopic (exact) mass is 291 g/mol. The van der Waals surface area contributed by atoms with E-state index in [9.17, 15) is 4.79 Å². The van der Waals surface area contributed by atoms with Gasteiger partial charge < -0.3 is 11.1 Å². The van der Waals surface area contributed by atoms with E-state index in [1.54, 1.807) is 35.3 Å². The van der Waals surface area contributed by atoms with Gasteiger partial charge in [0.15, 0.2) is 0 Å². The summed E-state index contributed by atoms with van der Waals surface area (Å²) in [5.41, 5.74) is 6.36. The van der Waals surface area contributed by atoms with E-state index in [4.69, 9.17) is 5.73 Å². The van der Waals surface area contributed by atoms with Crippen LogP contribution in [-0.4, -0.2) is 26.4 Å². The molecule has 0 bridgehead atoms. The first-order valence-corrected chi connectivity index (χ1v) is 7.23. The van der Waals surface area contributed by atoms with E-state index >= 15 is 0 Å². The largest absolute Gasteiger partial charge is 0.397 e. The molecule has 0 saturated carbocycles. The molecule has 0 aliphatic heterocycles. The molecule has 0 atom stereocenters. The molecule has 3 N–H and O–H groups in total. The molecule has 0 aromatic carbocycles. The van der Waals surface area contributed by atoms with Crippen LogP contribution in [0.15, 0.2) is 35.6 Å². The van der Waals surface area contributed by atoms with Gasteiger partial charge in [0, 0.05) is 18.3 Å². The number of nitrogen functional groups attached to an aromatic ring is 1. The lowest BCUT2D eigenvalue weighted by atomic mass is 10.4. The third kappa shape index (κ3) is 3.51. The lowest BCUT2D eigenvalue weighted by molar-refractivity contribution is -0.113. The highest BCUT2D eigenvalue weighted by molar-refractivity contribution is 8.00. The summed E-state index contributed by atoms with van der Waals surface area (Å²) in [4.78, 5) is 16.1. The van der Waals surface area contributed by atoms with E-state index in [0.29, 0.717) is 16.5 Å². The second kappa shape index (κ2) is 6.42. The van der Waals surface area contributed by atoms with Crippen LogP contribution >= 0.6 is 11.8 Å². The summed E-state index contributed by atoms with van der Waals surface area (Å²) in [5.74, 6) is 0.840. The van der Waals surface area contributed by atoms with Gasteiger partial charge >= 0.3 is 0 Å². The number of thioether (sulfide) groups is 1. The molecule has 7 heteroatoms. The van der Waals surface area contributed by atoms with Crippen LogP contribution in [0.2, 0.25) is 0 Å². The van der Waals surface area contributed by atoms with Crippen molar-refractivity contribution >= 4 is 29.2 Å². The number of nitrogens with zero attached hydrogens (tertiary/aromatic N) is 3. The van der Waals surface area contributed by atoms with Gasteiger partial charge in [-0.3, -0.25) is 4.79 Å². The number of rotatable bonds is 5. The molecule has 2 heterocycles. The van der Waals surface area contributed by atoms with Crippen LogP contribution in [0.4, 0.5) is 11.5 Å². The van der Waals surface area contributed by atoms with E-state index in [0.717, 1.165) is 0 Å². The number of hydrogen-bond acceptors (Lipinski definition) is 5. The van der Waals surface area contributed by atoms with E-state index in [1.165, 1.54) is 11.8 Å². The molecular weight excluding hydrogens is 274 g/mol. The first kappa shape index (κ1) is 14.4. The minimum absolute atomic E-state index is 0.109. The average molecular weight is 291 g/mol. The normalized spacial score (nSPS) is 10.8. The molecule has 0 fully saturated rings. The molecule has 2 rings (SSSR count). The summed E-state index contributed by atoms with van der Waals surface area (Å²) in [6.07, 6.45) is 3.32. The first-order valence-electron chi connectivity index (χ1n) is 6.24. The number of nitrogens with two attached hydrogens (primary N) is 1. The number of carbonyl (C=O) groups is 1. The summed E-state index contributed by atoms with van der Waals surface area (Å²) >= 11 is 1.31. The Kier molecular flexibility index (Phi) is 4.62. The van der Waals surface area contributed by atoms with Crippen molar-refractivity contribution in [2.24, 2.45) is 0 Å². The zero-order chi connectivity index (χ0) is 14.5. The Bertz CT molecular complexity index is 596. The Morgan fingerprint density at radius 2 is 2.25 bits per heavy atom. The van der Waals surface area contributed by atoms with Crippen LogP contribution < -0.4 is 11.1 Å². The van der Waals surface area contributed by atoms with Crippen LogP contribution in [0, 0.1) is 0 Å². The maximum Gasteiger partial charge on any atom is 0.235 e. The van der Waals surface area contributed by atoms with Gasteiger partial charge in [-0.15, -0.1) is 0 Å². The second-order valence-corrected chi connectivity index (χ2v) is 5.45. The topological polar surface area (TPSA) is 85.8 Å². The third-order valence-corrected chi connectivity index (χ3v) is 3.59. The molecule has 1 amide bonds. The lowest BCUT2D eigenvalue weighted by Crippen LogP contribution is -2.18. The molecule has 106 valence electrons. The smallest absolute Gasteiger partial charge is 0.235 e. The van der Waals surface area contributed by atoms with Gasteiger partial charge in [0.05, 0.1) is 17.6 Å². The maximum absolute atomic E-state index is 11.9. The fourth-order valence-electron chi connectivity index (χ4n) is 1.66. The Morgan fingerprint density at radius 1 is 1.45 bits per heavy atom. The molecule has 0 saturated heterocycles. The SMILES string of the molecule is CC(C)n1nccc1NC(=O)CSc1ncccc1N. The Hall–Kier alpha value is -2.02. The zero-order valence-corrected chi connectivity index (χ0v) is 12.2. The average Bonchev–Trinajstić information content (AvgIpc) is 2.86. The van der Waals surface area contributed by atoms with Gasteiger partial charge in [-0.1, -0.05) is 11.8 Å². The molecule has 2 aromatic rings. The van der Waals surface area contributed by atoms with Crippen molar-refractivity contribution in [3.63, 3.8) is 0 Å². The van der Waals surface area contributed by atoms with Crippen molar-refractivity contribution in [2.75, 3.05) is 16.8 Å². The van der Waals surface area contributed by atoms with Crippen LogP contribution in [0.5, 0.6) is 0 Å². The van der Waals surface area contributed by atoms with E-state index in [-0.39, 0.29) is 17.7 Å². The molecular formula is C13H17N5OS. The molecule has 20 heavy (non-hydrogen) atoms. The predicted molar refractivity (Wildman–Crippen MR) is 80.6 cm³/mol. The van der Waals surface area contributed by atoms with Crippen molar-refractivity contribution in [2.45, 2.75) is 24.9 Å². The van der Waals surface area contributed by atoms with Crippen LogP contribution in [0.1, 0.15) is 19.9 Å². The van der Waals surface area contributed by atoms with Crippen molar-refractivity contribution in [1.82, 2.24) is 14.8 Å². The van der Waals surface area contributed by atoms with E-state index in [2.05, 4.69) is 15.4 Å². The summed E-state index contributed by atoms with van der Waals surface area (Å²) in [5, 5.41) is 7.66. The number of nitrogens with one attached hydrogen (secondary N) is 1. The summed E-state index contributed by atoms with van der Waals surface area (Å²) in [6.45, 7) is 4.01. The van der Waals surface area contributed by atoms with Crippen LogP contribution in [0.25, 0.3) is 0 Å². The Balaban J connectivity index is 1.93. The number of hydrogen-bond donors (Lipinski definition) is 2. The summed E-state index contributed by atoms with van der Waals surface area (Å²) < 4.78 is 1.76. The molecule has 6 nitrogen and oxygen atoms in total. The predicted octanol–water partition coefficient (Wildman–Crippen LogP) is 2.17. The van der Waals surface area contributed by atoms with Crippen LogP contribution in [-0.2, 0) is 4.79 Å². The molecule has 0 aliphatic carbocycles. The minimum Gasteiger partial charge on any atom is -0.397 e. The van der Waals surface area contributed by atoms with E-state index in [1.807, 2.05) is 13.8 Å². The quantitative estimate of drug-likeness (QED) is 0.825. The van der Waals surface area contributed by atoms with Gasteiger partial charge in [-0.05, 0) is 26.0 Å². The second-order valence-electron chi connectivity index (χ2n) is 4.49. The third-order valence-electron chi connectivity index (χ3n) is 2.57. The number of carbonyl (C=O) groups excluding carboxylic acids is 1. The van der Waals surface area contributed by atoms with E-state index < -0.39 is 0 Å². The van der Waals surface area contributed by atoms with Gasteiger partial charge in [0.25, 0.3) is 0 Å². The number of aromatic nitrogens is 3. The molecule has 0 aliphatic rings. The summed E-state index contributed by atoms with van der Waals surface area (Å²) in [6, 6.07) is 5.50. The maximum atomic E-state index is 11.9. The van der Waals surface area contributed by atoms with Gasteiger partial charge in [0.2, 0.25) is 5.91 Å². The molecule has 2 aromatic heterocycles. The first-order chi connectivity index (χ1) is 9.58. The Labute approximate surface area is 121 Å². The number of pyridine rings is 1. The van der Waals surface area contributed by atoms with Gasteiger partial charge in [-0.25, -0.2) is 9.67 Å². The lowest BCUT2D eigenvalue weighted by Gasteiger charge is -2.11. The van der Waals surface area contributed by atoms with Gasteiger partial charge in [0.1, 0.15) is 10.8 Å². The van der Waals surface area contributed by atoms with Crippen molar-refractivity contribution < 1.29 is 4.79 Å². The fourth-order valence-corrected chi connectivity index (χ4v) is 2.37. The van der Waals surface area contributed by atoms with Crippen molar-refractivity contribution in [1.29, 1.82) is 0 Å². The summed E-state index contributed by atoms with van der Waals surface area (Å²) in [7, 11) is 0. The zero-order valence-electron chi connectivity index (χ0n) is 11.4.